The van der Waals surface area contributed by atoms with Crippen LogP contribution < -0.4 is 18.9 Å². The summed E-state index contributed by atoms with van der Waals surface area (Å²) in [5.41, 5.74) is 0.992. The number of hydrogen-bond donors (Lipinski definition) is 0. The third-order valence-corrected chi connectivity index (χ3v) is 4.92. The summed E-state index contributed by atoms with van der Waals surface area (Å²) in [5, 5.41) is 0. The molecular formula is C14H19Li+. The molecule has 0 bridgehead atoms. The molecule has 5 radical (unpaired) electrons. The van der Waals surface area contributed by atoms with Gasteiger partial charge in [-0.15, -0.1) is 0 Å². The van der Waals surface area contributed by atoms with Crippen molar-refractivity contribution in [1.82, 2.24) is 0 Å². The Bertz CT molecular complexity index is 269. The second-order valence-electron chi connectivity index (χ2n) is 6.03. The molecule has 0 N–H and O–H groups in total. The van der Waals surface area contributed by atoms with Crippen molar-refractivity contribution in [3.05, 3.63) is 31.1 Å². The van der Waals surface area contributed by atoms with E-state index in [1.54, 1.807) is 11.8 Å². The average Bonchev–Trinajstić information content (AvgIpc) is 2.61. The van der Waals surface area contributed by atoms with E-state index in [9.17, 15) is 0 Å². The predicted octanol–water partition coefficient (Wildman–Crippen LogP) is 0.468. The zero-order chi connectivity index (χ0) is 10.1. The van der Waals surface area contributed by atoms with Gasteiger partial charge in [0, 0.05) is 0 Å². The summed E-state index contributed by atoms with van der Waals surface area (Å²) in [5.74, 6) is 5.02. The van der Waals surface area contributed by atoms with E-state index < -0.39 is 0 Å². The molecule has 3 aliphatic carbocycles. The maximum Gasteiger partial charge on any atom is 1.00 e. The van der Waals surface area contributed by atoms with Gasteiger partial charge in [-0.3, -0.25) is 0 Å². The molecule has 0 saturated heterocycles. The molecule has 1 heteroatoms. The fraction of sp³-hybridized carbons (Fsp3) is 0.643. The van der Waals surface area contributed by atoms with E-state index in [0.29, 0.717) is 10.8 Å². The smallest absolute Gasteiger partial charge is 0.0622 e. The van der Waals surface area contributed by atoms with Gasteiger partial charge in [-0.05, 0) is 60.2 Å². The Labute approximate surface area is 107 Å². The van der Waals surface area contributed by atoms with E-state index in [2.05, 4.69) is 47.0 Å². The fourth-order valence-electron chi connectivity index (χ4n) is 4.00. The normalized spacial score (nSPS) is 42.6. The van der Waals surface area contributed by atoms with Crippen LogP contribution in [0.4, 0.5) is 0 Å². The SMILES string of the molecule is CC(C)[C@@]12C[C@@H]1C(C)(C)[C]1[CH][CH][CH][C]12.[Li+]. The maximum absolute atomic E-state index is 2.42. The van der Waals surface area contributed by atoms with Crippen LogP contribution in [0.2, 0.25) is 0 Å². The Morgan fingerprint density at radius 3 is 2.40 bits per heavy atom. The Hall–Kier alpha value is 0.597. The van der Waals surface area contributed by atoms with E-state index >= 15 is 0 Å². The predicted molar refractivity (Wildman–Crippen MR) is 58.5 cm³/mol. The third kappa shape index (κ3) is 1.22. The van der Waals surface area contributed by atoms with Crippen molar-refractivity contribution in [2.45, 2.75) is 34.1 Å². The average molecular weight is 194 g/mol. The second-order valence-corrected chi connectivity index (χ2v) is 6.03. The molecule has 0 aromatic carbocycles. The molecule has 0 heterocycles. The van der Waals surface area contributed by atoms with Crippen LogP contribution in [0.15, 0.2) is 0 Å². The first-order valence-corrected chi connectivity index (χ1v) is 5.78. The summed E-state index contributed by atoms with van der Waals surface area (Å²) < 4.78 is 0. The van der Waals surface area contributed by atoms with Crippen molar-refractivity contribution in [2.24, 2.45) is 22.7 Å². The first-order valence-electron chi connectivity index (χ1n) is 5.78. The molecule has 0 spiro atoms. The monoisotopic (exact) mass is 194 g/mol. The molecule has 0 amide bonds. The van der Waals surface area contributed by atoms with Crippen molar-refractivity contribution in [1.29, 1.82) is 0 Å². The van der Waals surface area contributed by atoms with Gasteiger partial charge in [0.15, 0.2) is 0 Å². The molecule has 75 valence electrons. The Morgan fingerprint density at radius 2 is 1.80 bits per heavy atom. The summed E-state index contributed by atoms with van der Waals surface area (Å²) >= 11 is 0. The van der Waals surface area contributed by atoms with Crippen LogP contribution in [-0.4, -0.2) is 0 Å². The molecule has 0 nitrogen and oxygen atoms in total. The summed E-state index contributed by atoms with van der Waals surface area (Å²) in [7, 11) is 0. The summed E-state index contributed by atoms with van der Waals surface area (Å²) in [6, 6.07) is 0. The molecule has 3 aliphatic rings. The standard InChI is InChI=1S/C14H19.Li/c1-9(2)14-8-12(14)13(3,4)10-6-5-7-11(10)14;/h5-7,9,12H,8H2,1-4H3;/q;+1/t12-,14-;/m1./s1. The van der Waals surface area contributed by atoms with Gasteiger partial charge in [0.05, 0.1) is 0 Å². The first-order chi connectivity index (χ1) is 6.51. The van der Waals surface area contributed by atoms with Gasteiger partial charge in [0.1, 0.15) is 0 Å². The van der Waals surface area contributed by atoms with Crippen molar-refractivity contribution < 1.29 is 18.9 Å². The van der Waals surface area contributed by atoms with E-state index in [0.717, 1.165) is 11.8 Å². The Balaban J connectivity index is 0.000000853. The molecule has 3 saturated carbocycles. The topological polar surface area (TPSA) is 0 Å². The maximum atomic E-state index is 2.42. The minimum atomic E-state index is 0. The van der Waals surface area contributed by atoms with Crippen LogP contribution >= 0.6 is 0 Å². The molecule has 15 heavy (non-hydrogen) atoms. The Morgan fingerprint density at radius 1 is 1.20 bits per heavy atom. The van der Waals surface area contributed by atoms with Gasteiger partial charge in [-0.25, -0.2) is 0 Å². The third-order valence-electron chi connectivity index (χ3n) is 4.92. The van der Waals surface area contributed by atoms with Crippen molar-refractivity contribution in [3.8, 4) is 0 Å². The van der Waals surface area contributed by atoms with Crippen molar-refractivity contribution in [3.63, 3.8) is 0 Å². The number of fused-ring (bicyclic) bond motifs is 3. The van der Waals surface area contributed by atoms with Gasteiger partial charge in [0.2, 0.25) is 0 Å². The zero-order valence-corrected chi connectivity index (χ0v) is 10.6. The summed E-state index contributed by atoms with van der Waals surface area (Å²) in [6.07, 6.45) is 8.37. The molecular weight excluding hydrogens is 175 g/mol. The molecule has 0 aromatic heterocycles. The van der Waals surface area contributed by atoms with Crippen LogP contribution in [0.1, 0.15) is 34.1 Å². The quantitative estimate of drug-likeness (QED) is 0.532. The van der Waals surface area contributed by atoms with Gasteiger partial charge >= 0.3 is 18.9 Å². The minimum absolute atomic E-state index is 0. The second kappa shape index (κ2) is 3.30. The number of hydrogen-bond acceptors (Lipinski definition) is 0. The van der Waals surface area contributed by atoms with E-state index in [1.165, 1.54) is 6.42 Å². The molecule has 3 rings (SSSR count). The molecule has 3 fully saturated rings. The van der Waals surface area contributed by atoms with Crippen LogP contribution in [0.25, 0.3) is 0 Å². The van der Waals surface area contributed by atoms with Crippen LogP contribution in [0.3, 0.4) is 0 Å². The van der Waals surface area contributed by atoms with Gasteiger partial charge in [0.25, 0.3) is 0 Å². The zero-order valence-electron chi connectivity index (χ0n) is 10.6. The van der Waals surface area contributed by atoms with Crippen molar-refractivity contribution >= 4 is 0 Å². The molecule has 0 aliphatic heterocycles. The molecule has 2 atom stereocenters. The van der Waals surface area contributed by atoms with Gasteiger partial charge < -0.3 is 0 Å². The largest absolute Gasteiger partial charge is 1.00 e. The van der Waals surface area contributed by atoms with Crippen molar-refractivity contribution in [2.75, 3.05) is 0 Å². The fourth-order valence-corrected chi connectivity index (χ4v) is 4.00. The van der Waals surface area contributed by atoms with E-state index in [4.69, 9.17) is 0 Å². The van der Waals surface area contributed by atoms with Gasteiger partial charge in [-0.2, -0.15) is 0 Å². The number of rotatable bonds is 1. The van der Waals surface area contributed by atoms with Gasteiger partial charge in [-0.1, -0.05) is 27.7 Å². The minimum Gasteiger partial charge on any atom is -0.0622 e. The summed E-state index contributed by atoms with van der Waals surface area (Å²) in [6.45, 7) is 9.62. The first kappa shape index (κ1) is 12.1. The Kier molecular flexibility index (Phi) is 2.65. The van der Waals surface area contributed by atoms with Crippen LogP contribution in [-0.2, 0) is 0 Å². The molecule has 0 aromatic rings. The van der Waals surface area contributed by atoms with E-state index in [1.807, 2.05) is 0 Å². The van der Waals surface area contributed by atoms with E-state index in [-0.39, 0.29) is 18.9 Å². The van der Waals surface area contributed by atoms with Crippen LogP contribution in [0, 0.1) is 53.8 Å². The van der Waals surface area contributed by atoms with Crippen LogP contribution in [0.5, 0.6) is 0 Å². The molecule has 0 unspecified atom stereocenters. The summed E-state index contributed by atoms with van der Waals surface area (Å²) in [4.78, 5) is 0.